The molecule has 21 heavy (non-hydrogen) atoms. The van der Waals surface area contributed by atoms with E-state index in [1.54, 1.807) is 0 Å². The minimum Gasteiger partial charge on any atom is -0.417 e. The lowest BCUT2D eigenvalue weighted by Crippen LogP contribution is -2.41. The number of hydrogen-bond donors (Lipinski definition) is 1. The second-order valence-corrected chi connectivity index (χ2v) is 11.8. The third-order valence-corrected chi connectivity index (χ3v) is 8.64. The summed E-state index contributed by atoms with van der Waals surface area (Å²) in [6, 6.07) is 9.89. The summed E-state index contributed by atoms with van der Waals surface area (Å²) in [5.74, 6) is 6.23. The van der Waals surface area contributed by atoms with Gasteiger partial charge in [-0.05, 0) is 43.1 Å². The summed E-state index contributed by atoms with van der Waals surface area (Å²) in [6.45, 7) is 12.1. The second-order valence-electron chi connectivity index (χ2n) is 6.99. The highest BCUT2D eigenvalue weighted by atomic mass is 28.4. The number of benzene rings is 1. The number of nitrogens with two attached hydrogens (primary N) is 1. The van der Waals surface area contributed by atoms with Crippen LogP contribution in [0.25, 0.3) is 0 Å². The third-order valence-electron chi connectivity index (χ3n) is 4.10. The molecule has 0 aliphatic heterocycles. The normalized spacial score (nSPS) is 13.4. The standard InChI is InChI=1S/C18H29NOSi/c1-18(2,3)21(4,5)20-15-9-12-17(19)14-13-16-10-7-6-8-11-16/h6-8,10-11,17H,9,12,15,19H2,1-5H3/t17-/m0/s1. The number of rotatable bonds is 5. The Morgan fingerprint density at radius 1 is 1.19 bits per heavy atom. The van der Waals surface area contributed by atoms with Gasteiger partial charge in [0.15, 0.2) is 8.32 Å². The van der Waals surface area contributed by atoms with Gasteiger partial charge in [0.2, 0.25) is 0 Å². The Bertz CT molecular complexity index is 479. The lowest BCUT2D eigenvalue weighted by molar-refractivity contribution is 0.278. The van der Waals surface area contributed by atoms with Gasteiger partial charge in [-0.2, -0.15) is 0 Å². The van der Waals surface area contributed by atoms with E-state index in [0.717, 1.165) is 25.0 Å². The zero-order valence-corrected chi connectivity index (χ0v) is 15.1. The minimum absolute atomic E-state index is 0.0757. The summed E-state index contributed by atoms with van der Waals surface area (Å²) in [6.07, 6.45) is 1.85. The van der Waals surface area contributed by atoms with Gasteiger partial charge in [0.25, 0.3) is 0 Å². The van der Waals surface area contributed by atoms with Gasteiger partial charge in [-0.25, -0.2) is 0 Å². The summed E-state index contributed by atoms with van der Waals surface area (Å²) in [5.41, 5.74) is 7.06. The van der Waals surface area contributed by atoms with Crippen molar-refractivity contribution in [3.63, 3.8) is 0 Å². The van der Waals surface area contributed by atoms with Crippen LogP contribution in [0, 0.1) is 11.8 Å². The van der Waals surface area contributed by atoms with Gasteiger partial charge in [-0.3, -0.25) is 0 Å². The molecule has 0 spiro atoms. The maximum Gasteiger partial charge on any atom is 0.191 e. The van der Waals surface area contributed by atoms with Crippen molar-refractivity contribution in [2.75, 3.05) is 6.61 Å². The Hall–Kier alpha value is -1.08. The zero-order valence-electron chi connectivity index (χ0n) is 14.1. The van der Waals surface area contributed by atoms with Crippen LogP contribution in [-0.2, 0) is 4.43 Å². The van der Waals surface area contributed by atoms with E-state index in [1.807, 2.05) is 30.3 Å². The van der Waals surface area contributed by atoms with Gasteiger partial charge < -0.3 is 10.2 Å². The molecule has 0 heterocycles. The average molecular weight is 304 g/mol. The first-order valence-corrected chi connectivity index (χ1v) is 10.6. The summed E-state index contributed by atoms with van der Waals surface area (Å²) in [5, 5.41) is 0.266. The van der Waals surface area contributed by atoms with E-state index in [1.165, 1.54) is 0 Å². The zero-order chi connectivity index (χ0) is 15.9. The fraction of sp³-hybridized carbons (Fsp3) is 0.556. The van der Waals surface area contributed by atoms with Gasteiger partial charge in [0.1, 0.15) is 0 Å². The predicted octanol–water partition coefficient (Wildman–Crippen LogP) is 4.17. The Balaban J connectivity index is 2.32. The summed E-state index contributed by atoms with van der Waals surface area (Å²) in [4.78, 5) is 0. The molecule has 0 unspecified atom stereocenters. The van der Waals surface area contributed by atoms with Crippen molar-refractivity contribution < 1.29 is 4.43 Å². The van der Waals surface area contributed by atoms with Crippen molar-refractivity contribution in [2.24, 2.45) is 5.73 Å². The summed E-state index contributed by atoms with van der Waals surface area (Å²) in [7, 11) is -1.62. The van der Waals surface area contributed by atoms with Crippen LogP contribution in [0.15, 0.2) is 30.3 Å². The van der Waals surface area contributed by atoms with Gasteiger partial charge in [0.05, 0.1) is 6.04 Å². The van der Waals surface area contributed by atoms with Gasteiger partial charge >= 0.3 is 0 Å². The van der Waals surface area contributed by atoms with Crippen molar-refractivity contribution in [1.82, 2.24) is 0 Å². The summed E-state index contributed by atoms with van der Waals surface area (Å²) < 4.78 is 6.14. The molecular weight excluding hydrogens is 274 g/mol. The van der Waals surface area contributed by atoms with E-state index in [0.29, 0.717) is 0 Å². The smallest absolute Gasteiger partial charge is 0.191 e. The Morgan fingerprint density at radius 2 is 1.81 bits per heavy atom. The van der Waals surface area contributed by atoms with Gasteiger partial charge in [-0.15, -0.1) is 0 Å². The van der Waals surface area contributed by atoms with Crippen LogP contribution >= 0.6 is 0 Å². The fourth-order valence-electron chi connectivity index (χ4n) is 1.62. The van der Waals surface area contributed by atoms with E-state index >= 15 is 0 Å². The van der Waals surface area contributed by atoms with Gasteiger partial charge in [0, 0.05) is 12.2 Å². The molecule has 0 saturated carbocycles. The molecule has 2 nitrogen and oxygen atoms in total. The number of hydrogen-bond acceptors (Lipinski definition) is 2. The molecule has 0 aliphatic rings. The molecule has 0 bridgehead atoms. The monoisotopic (exact) mass is 303 g/mol. The molecule has 0 aromatic heterocycles. The summed E-state index contributed by atoms with van der Waals surface area (Å²) >= 11 is 0. The molecule has 1 aromatic rings. The Kier molecular flexibility index (Phi) is 6.67. The maximum atomic E-state index is 6.14. The van der Waals surface area contributed by atoms with Crippen LogP contribution in [0.2, 0.25) is 18.1 Å². The highest BCUT2D eigenvalue weighted by molar-refractivity contribution is 6.74. The topological polar surface area (TPSA) is 35.2 Å². The van der Waals surface area contributed by atoms with Crippen LogP contribution in [0.3, 0.4) is 0 Å². The van der Waals surface area contributed by atoms with Crippen molar-refractivity contribution >= 4 is 8.32 Å². The molecule has 2 N–H and O–H groups in total. The third kappa shape index (κ3) is 6.47. The van der Waals surface area contributed by atoms with Crippen molar-refractivity contribution in [3.05, 3.63) is 35.9 Å². The quantitative estimate of drug-likeness (QED) is 0.503. The SMILES string of the molecule is CC(C)(C)[Si](C)(C)OCCC[C@H](N)C#Cc1ccccc1. The highest BCUT2D eigenvalue weighted by Gasteiger charge is 2.36. The maximum absolute atomic E-state index is 6.14. The fourth-order valence-corrected chi connectivity index (χ4v) is 2.70. The highest BCUT2D eigenvalue weighted by Crippen LogP contribution is 2.36. The predicted molar refractivity (Wildman–Crippen MR) is 93.7 cm³/mol. The molecule has 0 radical (unpaired) electrons. The van der Waals surface area contributed by atoms with E-state index in [4.69, 9.17) is 10.2 Å². The molecule has 1 atom stereocenters. The Morgan fingerprint density at radius 3 is 2.38 bits per heavy atom. The first-order valence-electron chi connectivity index (χ1n) is 7.68. The second kappa shape index (κ2) is 7.79. The van der Waals surface area contributed by atoms with E-state index in [9.17, 15) is 0 Å². The first-order chi connectivity index (χ1) is 9.72. The molecule has 0 fully saturated rings. The molecule has 1 aromatic carbocycles. The molecule has 116 valence electrons. The van der Waals surface area contributed by atoms with Crippen LogP contribution in [0.1, 0.15) is 39.2 Å². The minimum atomic E-state index is -1.62. The van der Waals surface area contributed by atoms with Gasteiger partial charge in [-0.1, -0.05) is 50.8 Å². The lowest BCUT2D eigenvalue weighted by Gasteiger charge is -2.36. The van der Waals surface area contributed by atoms with E-state index < -0.39 is 8.32 Å². The van der Waals surface area contributed by atoms with Crippen LogP contribution in [-0.4, -0.2) is 21.0 Å². The lowest BCUT2D eigenvalue weighted by atomic mass is 10.1. The molecule has 0 saturated heterocycles. The molecule has 3 heteroatoms. The average Bonchev–Trinajstić information content (AvgIpc) is 2.41. The Labute approximate surface area is 131 Å². The molecular formula is C18H29NOSi. The van der Waals surface area contributed by atoms with Crippen molar-refractivity contribution in [3.8, 4) is 11.8 Å². The van der Waals surface area contributed by atoms with Crippen LogP contribution < -0.4 is 5.73 Å². The van der Waals surface area contributed by atoms with Crippen LogP contribution in [0.4, 0.5) is 0 Å². The van der Waals surface area contributed by atoms with Crippen LogP contribution in [0.5, 0.6) is 0 Å². The first kappa shape index (κ1) is 18.0. The van der Waals surface area contributed by atoms with Crippen molar-refractivity contribution in [2.45, 2.75) is 57.8 Å². The molecule has 0 amide bonds. The molecule has 1 rings (SSSR count). The van der Waals surface area contributed by atoms with Crippen molar-refractivity contribution in [1.29, 1.82) is 0 Å². The molecule has 0 aliphatic carbocycles. The van der Waals surface area contributed by atoms with E-state index in [2.05, 4.69) is 45.7 Å². The largest absolute Gasteiger partial charge is 0.417 e. The van der Waals surface area contributed by atoms with E-state index in [-0.39, 0.29) is 11.1 Å².